The fraction of sp³-hybridized carbons (Fsp3) is 0.0556. The molecule has 2 heteroatoms. The minimum absolute atomic E-state index is 0.742. The molecule has 3 aromatic rings. The van der Waals surface area contributed by atoms with E-state index in [2.05, 4.69) is 36.6 Å². The van der Waals surface area contributed by atoms with Crippen molar-refractivity contribution in [3.63, 3.8) is 0 Å². The third-order valence-electron chi connectivity index (χ3n) is 3.48. The average molecular weight is 278 g/mol. The van der Waals surface area contributed by atoms with Crippen LogP contribution in [0.4, 0.5) is 0 Å². The fourth-order valence-electron chi connectivity index (χ4n) is 2.53. The standard InChI is InChI=1S/C18H14OS/c1-20-18-9-5-4-8-17(18)16-11-10-13(12-19)14-6-2-3-7-15(14)16/h2-12H,1H3. The van der Waals surface area contributed by atoms with Crippen LogP contribution in [-0.4, -0.2) is 12.5 Å². The van der Waals surface area contributed by atoms with Crippen molar-refractivity contribution < 1.29 is 4.79 Å². The van der Waals surface area contributed by atoms with Gasteiger partial charge in [0.05, 0.1) is 0 Å². The predicted octanol–water partition coefficient (Wildman–Crippen LogP) is 5.04. The van der Waals surface area contributed by atoms with Crippen molar-refractivity contribution in [2.24, 2.45) is 0 Å². The molecule has 0 bridgehead atoms. The van der Waals surface area contributed by atoms with Gasteiger partial charge in [-0.3, -0.25) is 4.79 Å². The van der Waals surface area contributed by atoms with Crippen LogP contribution in [0.5, 0.6) is 0 Å². The van der Waals surface area contributed by atoms with E-state index < -0.39 is 0 Å². The molecule has 98 valence electrons. The van der Waals surface area contributed by atoms with Gasteiger partial charge >= 0.3 is 0 Å². The molecule has 0 aliphatic rings. The largest absolute Gasteiger partial charge is 0.298 e. The van der Waals surface area contributed by atoms with E-state index in [1.54, 1.807) is 11.8 Å². The van der Waals surface area contributed by atoms with E-state index in [1.807, 2.05) is 30.3 Å². The van der Waals surface area contributed by atoms with E-state index in [0.29, 0.717) is 0 Å². The van der Waals surface area contributed by atoms with Crippen LogP contribution in [0.2, 0.25) is 0 Å². The molecule has 3 aromatic carbocycles. The van der Waals surface area contributed by atoms with E-state index in [-0.39, 0.29) is 0 Å². The van der Waals surface area contributed by atoms with Gasteiger partial charge in [0.1, 0.15) is 0 Å². The summed E-state index contributed by atoms with van der Waals surface area (Å²) in [5.74, 6) is 0. The van der Waals surface area contributed by atoms with Crippen LogP contribution < -0.4 is 0 Å². The zero-order valence-corrected chi connectivity index (χ0v) is 12.0. The van der Waals surface area contributed by atoms with E-state index in [9.17, 15) is 4.79 Å². The molecule has 0 aromatic heterocycles. The summed E-state index contributed by atoms with van der Waals surface area (Å²) in [7, 11) is 0. The quantitative estimate of drug-likeness (QED) is 0.493. The number of carbonyl (C=O) groups excluding carboxylic acids is 1. The molecule has 1 nitrogen and oxygen atoms in total. The molecule has 0 radical (unpaired) electrons. The van der Waals surface area contributed by atoms with Gasteiger partial charge in [0.15, 0.2) is 6.29 Å². The molecule has 0 heterocycles. The number of hydrogen-bond donors (Lipinski definition) is 0. The smallest absolute Gasteiger partial charge is 0.150 e. The van der Waals surface area contributed by atoms with Gasteiger partial charge < -0.3 is 0 Å². The summed E-state index contributed by atoms with van der Waals surface area (Å²) in [6.45, 7) is 0. The Balaban J connectivity index is 2.35. The number of thioether (sulfide) groups is 1. The highest BCUT2D eigenvalue weighted by molar-refractivity contribution is 7.98. The average Bonchev–Trinajstić information content (AvgIpc) is 2.53. The number of aldehydes is 1. The third kappa shape index (κ3) is 2.12. The van der Waals surface area contributed by atoms with Crippen molar-refractivity contribution in [3.8, 4) is 11.1 Å². The predicted molar refractivity (Wildman–Crippen MR) is 86.6 cm³/mol. The summed E-state index contributed by atoms with van der Waals surface area (Å²) in [6, 6.07) is 20.4. The molecule has 3 rings (SSSR count). The first-order chi connectivity index (χ1) is 9.85. The number of carbonyl (C=O) groups is 1. The molecule has 0 N–H and O–H groups in total. The molecule has 0 aliphatic carbocycles. The minimum Gasteiger partial charge on any atom is -0.298 e. The van der Waals surface area contributed by atoms with Crippen molar-refractivity contribution >= 4 is 28.8 Å². The second-order valence-corrected chi connectivity index (χ2v) is 5.41. The second-order valence-electron chi connectivity index (χ2n) is 4.57. The van der Waals surface area contributed by atoms with Gasteiger partial charge in [-0.1, -0.05) is 54.6 Å². The minimum atomic E-state index is 0.742. The van der Waals surface area contributed by atoms with Crippen LogP contribution in [0, 0.1) is 0 Å². The van der Waals surface area contributed by atoms with Gasteiger partial charge in [0, 0.05) is 10.5 Å². The lowest BCUT2D eigenvalue weighted by molar-refractivity contribution is 0.112. The Morgan fingerprint density at radius 1 is 0.800 bits per heavy atom. The van der Waals surface area contributed by atoms with Crippen LogP contribution in [0.25, 0.3) is 21.9 Å². The topological polar surface area (TPSA) is 17.1 Å². The number of rotatable bonds is 3. The van der Waals surface area contributed by atoms with Crippen molar-refractivity contribution in [1.82, 2.24) is 0 Å². The van der Waals surface area contributed by atoms with Gasteiger partial charge in [0.25, 0.3) is 0 Å². The van der Waals surface area contributed by atoms with E-state index in [4.69, 9.17) is 0 Å². The normalized spacial score (nSPS) is 10.7. The van der Waals surface area contributed by atoms with Gasteiger partial charge in [-0.2, -0.15) is 0 Å². The molecule has 0 atom stereocenters. The van der Waals surface area contributed by atoms with Crippen LogP contribution >= 0.6 is 11.8 Å². The van der Waals surface area contributed by atoms with E-state index in [1.165, 1.54) is 16.0 Å². The molecular weight excluding hydrogens is 264 g/mol. The lowest BCUT2D eigenvalue weighted by Crippen LogP contribution is -1.88. The molecule has 0 saturated heterocycles. The molecule has 0 spiro atoms. The molecule has 0 aliphatic heterocycles. The summed E-state index contributed by atoms with van der Waals surface area (Å²) >= 11 is 1.74. The Bertz CT molecular complexity index is 777. The van der Waals surface area contributed by atoms with Gasteiger partial charge in [0.2, 0.25) is 0 Å². The molecule has 0 unspecified atom stereocenters. The maximum Gasteiger partial charge on any atom is 0.150 e. The van der Waals surface area contributed by atoms with Gasteiger partial charge in [-0.05, 0) is 34.2 Å². The molecule has 20 heavy (non-hydrogen) atoms. The van der Waals surface area contributed by atoms with Crippen molar-refractivity contribution in [2.45, 2.75) is 4.90 Å². The maximum atomic E-state index is 11.2. The fourth-order valence-corrected chi connectivity index (χ4v) is 3.14. The highest BCUT2D eigenvalue weighted by atomic mass is 32.2. The van der Waals surface area contributed by atoms with Crippen LogP contribution in [-0.2, 0) is 0 Å². The summed E-state index contributed by atoms with van der Waals surface area (Å²) in [6.07, 6.45) is 3.01. The first-order valence-corrected chi connectivity index (χ1v) is 7.68. The Morgan fingerprint density at radius 3 is 2.25 bits per heavy atom. The van der Waals surface area contributed by atoms with Crippen molar-refractivity contribution in [3.05, 3.63) is 66.2 Å². The summed E-state index contributed by atoms with van der Waals surface area (Å²) < 4.78 is 0. The SMILES string of the molecule is CSc1ccccc1-c1ccc(C=O)c2ccccc12. The number of fused-ring (bicyclic) bond motifs is 1. The Morgan fingerprint density at radius 2 is 1.50 bits per heavy atom. The Hall–Kier alpha value is -2.06. The van der Waals surface area contributed by atoms with Crippen LogP contribution in [0.15, 0.2) is 65.6 Å². The molecule has 0 saturated carbocycles. The summed E-state index contributed by atoms with van der Waals surface area (Å²) in [5.41, 5.74) is 3.13. The molecule has 0 fully saturated rings. The van der Waals surface area contributed by atoms with Gasteiger partial charge in [-0.15, -0.1) is 11.8 Å². The summed E-state index contributed by atoms with van der Waals surface area (Å²) in [4.78, 5) is 12.4. The summed E-state index contributed by atoms with van der Waals surface area (Å²) in [5, 5.41) is 2.13. The first-order valence-electron chi connectivity index (χ1n) is 6.45. The number of hydrogen-bond acceptors (Lipinski definition) is 2. The monoisotopic (exact) mass is 278 g/mol. The molecular formula is C18H14OS. The highest BCUT2D eigenvalue weighted by Gasteiger charge is 2.09. The highest BCUT2D eigenvalue weighted by Crippen LogP contribution is 2.35. The zero-order valence-electron chi connectivity index (χ0n) is 11.2. The van der Waals surface area contributed by atoms with E-state index >= 15 is 0 Å². The van der Waals surface area contributed by atoms with Crippen LogP contribution in [0.1, 0.15) is 10.4 Å². The third-order valence-corrected chi connectivity index (χ3v) is 4.28. The lowest BCUT2D eigenvalue weighted by atomic mass is 9.95. The maximum absolute atomic E-state index is 11.2. The van der Waals surface area contributed by atoms with Crippen LogP contribution in [0.3, 0.4) is 0 Å². The van der Waals surface area contributed by atoms with Crippen molar-refractivity contribution in [2.75, 3.05) is 6.26 Å². The Labute approximate surface area is 122 Å². The lowest BCUT2D eigenvalue weighted by Gasteiger charge is -2.11. The van der Waals surface area contributed by atoms with E-state index in [0.717, 1.165) is 22.6 Å². The molecule has 0 amide bonds. The van der Waals surface area contributed by atoms with Crippen molar-refractivity contribution in [1.29, 1.82) is 0 Å². The zero-order chi connectivity index (χ0) is 13.9. The first kappa shape index (κ1) is 12.9. The number of benzene rings is 3. The van der Waals surface area contributed by atoms with Gasteiger partial charge in [-0.25, -0.2) is 0 Å². The second kappa shape index (κ2) is 5.51. The Kier molecular flexibility index (Phi) is 3.57.